The van der Waals surface area contributed by atoms with E-state index in [1.165, 1.54) is 16.7 Å². The molecule has 0 bridgehead atoms. The molecule has 0 unspecified atom stereocenters. The third kappa shape index (κ3) is 6.83. The van der Waals surface area contributed by atoms with Gasteiger partial charge < -0.3 is 15.4 Å². The highest BCUT2D eigenvalue weighted by Gasteiger charge is 2.41. The van der Waals surface area contributed by atoms with Crippen LogP contribution in [0, 0.1) is 0 Å². The molecule has 0 spiro atoms. The lowest BCUT2D eigenvalue weighted by Crippen LogP contribution is -2.42. The van der Waals surface area contributed by atoms with Gasteiger partial charge in [0.05, 0.1) is 18.6 Å². The molecule has 3 aromatic rings. The van der Waals surface area contributed by atoms with E-state index in [1.54, 1.807) is 7.11 Å². The Balaban J connectivity index is 1.19. The van der Waals surface area contributed by atoms with Crippen molar-refractivity contribution in [2.24, 2.45) is 9.98 Å². The number of rotatable bonds is 11. The average molecular weight is 570 g/mol. The second-order valence-corrected chi connectivity index (χ2v) is 10.5. The van der Waals surface area contributed by atoms with Gasteiger partial charge in [-0.3, -0.25) is 19.4 Å². The lowest BCUT2D eigenvalue weighted by molar-refractivity contribution is -0.125. The highest BCUT2D eigenvalue weighted by atomic mass is 32.2. The Bertz CT molecular complexity index is 1490. The van der Waals surface area contributed by atoms with E-state index in [0.29, 0.717) is 35.5 Å². The molecular weight excluding hydrogens is 538 g/mol. The van der Waals surface area contributed by atoms with Gasteiger partial charge in [-0.15, -0.1) is 0 Å². The first-order valence-electron chi connectivity index (χ1n) is 13.5. The number of carbonyl (C=O) groups excluding carboxylic acids is 3. The molecule has 5 rings (SSSR count). The average Bonchev–Trinajstić information content (AvgIpc) is 3.34. The fraction of sp³-hybridized carbons (Fsp3) is 0.258. The van der Waals surface area contributed by atoms with Crippen LogP contribution in [0.5, 0.6) is 5.75 Å². The normalized spacial score (nSPS) is 15.4. The smallest absolute Gasteiger partial charge is 0.259 e. The van der Waals surface area contributed by atoms with E-state index >= 15 is 0 Å². The van der Waals surface area contributed by atoms with Crippen LogP contribution in [0.25, 0.3) is 0 Å². The standard InChI is InChI=1S/C31H31N5O4S/c1-40-26-14-8-5-11-22(26)19-33-27(37)16-15-25-30(39)36-29(34-25)23-12-6-7-13-24(23)35-31(36)41-20-28(38)32-18-17-21-9-3-2-4-10-21/h2-14,25H,15-20H2,1H3,(H,32,38)(H,33,37)/t25-/m0/s1. The SMILES string of the molecule is COc1ccccc1CNC(=O)CC[C@@H]1N=C2c3ccccc3N=C(SCC(=O)NCCc3ccccc3)N2C1=O. The number of fused-ring (bicyclic) bond motifs is 3. The van der Waals surface area contributed by atoms with Crippen molar-refractivity contribution in [3.05, 3.63) is 95.6 Å². The van der Waals surface area contributed by atoms with E-state index in [9.17, 15) is 14.4 Å². The number of hydrogen-bond acceptors (Lipinski definition) is 7. The number of nitrogens with zero attached hydrogens (tertiary/aromatic N) is 3. The summed E-state index contributed by atoms with van der Waals surface area (Å²) < 4.78 is 5.34. The number of thioether (sulfide) groups is 1. The number of hydrogen-bond donors (Lipinski definition) is 2. The van der Waals surface area contributed by atoms with Crippen molar-refractivity contribution in [1.82, 2.24) is 15.5 Å². The van der Waals surface area contributed by atoms with Crippen LogP contribution in [0.4, 0.5) is 5.69 Å². The highest BCUT2D eigenvalue weighted by Crippen LogP contribution is 2.34. The van der Waals surface area contributed by atoms with Gasteiger partial charge in [-0.1, -0.05) is 72.4 Å². The molecule has 1 atom stereocenters. The number of amidine groups is 2. The van der Waals surface area contributed by atoms with E-state index in [-0.39, 0.29) is 36.3 Å². The van der Waals surface area contributed by atoms with Crippen molar-refractivity contribution < 1.29 is 19.1 Å². The lowest BCUT2D eigenvalue weighted by Gasteiger charge is -2.25. The maximum atomic E-state index is 13.5. The van der Waals surface area contributed by atoms with Crippen LogP contribution in [0.15, 0.2) is 88.8 Å². The van der Waals surface area contributed by atoms with E-state index in [4.69, 9.17) is 9.73 Å². The minimum Gasteiger partial charge on any atom is -0.496 e. The second kappa shape index (κ2) is 13.3. The lowest BCUT2D eigenvalue weighted by atomic mass is 10.1. The number of carbonyl (C=O) groups is 3. The molecule has 0 saturated carbocycles. The second-order valence-electron chi connectivity index (χ2n) is 9.56. The quantitative estimate of drug-likeness (QED) is 0.364. The number of nitrogens with one attached hydrogen (secondary N) is 2. The molecule has 0 aromatic heterocycles. The summed E-state index contributed by atoms with van der Waals surface area (Å²) in [7, 11) is 1.59. The molecule has 3 aromatic carbocycles. The van der Waals surface area contributed by atoms with Gasteiger partial charge >= 0.3 is 0 Å². The van der Waals surface area contributed by atoms with Gasteiger partial charge in [0.1, 0.15) is 17.6 Å². The van der Waals surface area contributed by atoms with E-state index in [0.717, 1.165) is 23.1 Å². The van der Waals surface area contributed by atoms with Crippen molar-refractivity contribution in [2.45, 2.75) is 31.8 Å². The summed E-state index contributed by atoms with van der Waals surface area (Å²) in [4.78, 5) is 49.5. The molecule has 210 valence electrons. The van der Waals surface area contributed by atoms with Crippen molar-refractivity contribution >= 4 is 46.2 Å². The Labute approximate surface area is 243 Å². The summed E-state index contributed by atoms with van der Waals surface area (Å²) in [6.45, 7) is 0.853. The monoisotopic (exact) mass is 569 g/mol. The van der Waals surface area contributed by atoms with Gasteiger partial charge in [0.2, 0.25) is 11.8 Å². The summed E-state index contributed by atoms with van der Waals surface area (Å²) in [6, 6.07) is 24.2. The number of aliphatic imine (C=N–C) groups is 2. The molecule has 3 amide bonds. The summed E-state index contributed by atoms with van der Waals surface area (Å²) in [6.07, 6.45) is 1.14. The molecule has 0 saturated heterocycles. The molecule has 9 nitrogen and oxygen atoms in total. The predicted molar refractivity (Wildman–Crippen MR) is 160 cm³/mol. The van der Waals surface area contributed by atoms with Gasteiger partial charge in [-0.2, -0.15) is 0 Å². The van der Waals surface area contributed by atoms with Gasteiger partial charge in [-0.05, 0) is 36.6 Å². The Morgan fingerprint density at radius 3 is 2.54 bits per heavy atom. The van der Waals surface area contributed by atoms with Gasteiger partial charge in [0.25, 0.3) is 5.91 Å². The minimum atomic E-state index is -0.710. The van der Waals surface area contributed by atoms with Gasteiger partial charge in [0.15, 0.2) is 5.17 Å². The maximum absolute atomic E-state index is 13.5. The Morgan fingerprint density at radius 1 is 0.951 bits per heavy atom. The fourth-order valence-electron chi connectivity index (χ4n) is 4.66. The maximum Gasteiger partial charge on any atom is 0.259 e. The van der Waals surface area contributed by atoms with Crippen molar-refractivity contribution in [2.75, 3.05) is 19.4 Å². The first kappa shape index (κ1) is 28.1. The Morgan fingerprint density at radius 2 is 1.71 bits per heavy atom. The largest absolute Gasteiger partial charge is 0.496 e. The Hall–Kier alpha value is -4.44. The molecule has 2 N–H and O–H groups in total. The number of benzene rings is 3. The van der Waals surface area contributed by atoms with Crippen LogP contribution in [-0.4, -0.2) is 59.1 Å². The number of methoxy groups -OCH3 is 1. The molecule has 10 heteroatoms. The first-order valence-corrected chi connectivity index (χ1v) is 14.4. The summed E-state index contributed by atoms with van der Waals surface area (Å²) in [5, 5.41) is 6.24. The summed E-state index contributed by atoms with van der Waals surface area (Å²) in [5.74, 6) is 0.762. The van der Waals surface area contributed by atoms with Crippen LogP contribution < -0.4 is 15.4 Å². The topological polar surface area (TPSA) is 112 Å². The van der Waals surface area contributed by atoms with E-state index < -0.39 is 6.04 Å². The zero-order valence-corrected chi connectivity index (χ0v) is 23.5. The Kier molecular flexibility index (Phi) is 9.10. The molecule has 0 fully saturated rings. The van der Waals surface area contributed by atoms with Gasteiger partial charge in [0, 0.05) is 30.6 Å². The first-order chi connectivity index (χ1) is 20.0. The number of amides is 3. The van der Waals surface area contributed by atoms with Crippen LogP contribution in [0.1, 0.15) is 29.5 Å². The summed E-state index contributed by atoms with van der Waals surface area (Å²) in [5.41, 5.74) is 3.46. The molecule has 2 aliphatic rings. The predicted octanol–water partition coefficient (Wildman–Crippen LogP) is 3.84. The molecular formula is C31H31N5O4S. The molecule has 2 aliphatic heterocycles. The van der Waals surface area contributed by atoms with Crippen LogP contribution in [0.2, 0.25) is 0 Å². The number of ether oxygens (including phenoxy) is 1. The van der Waals surface area contributed by atoms with Crippen LogP contribution in [0.3, 0.4) is 0 Å². The van der Waals surface area contributed by atoms with Crippen molar-refractivity contribution in [3.8, 4) is 5.75 Å². The van der Waals surface area contributed by atoms with Crippen molar-refractivity contribution in [3.63, 3.8) is 0 Å². The van der Waals surface area contributed by atoms with Crippen LogP contribution >= 0.6 is 11.8 Å². The van der Waals surface area contributed by atoms with Crippen molar-refractivity contribution in [1.29, 1.82) is 0 Å². The van der Waals surface area contributed by atoms with E-state index in [1.807, 2.05) is 78.9 Å². The molecule has 2 heterocycles. The zero-order chi connectivity index (χ0) is 28.6. The third-order valence-electron chi connectivity index (χ3n) is 6.77. The fourth-order valence-corrected chi connectivity index (χ4v) is 5.49. The molecule has 0 radical (unpaired) electrons. The van der Waals surface area contributed by atoms with Gasteiger partial charge in [-0.25, -0.2) is 9.89 Å². The molecule has 0 aliphatic carbocycles. The third-order valence-corrected chi connectivity index (χ3v) is 7.71. The highest BCUT2D eigenvalue weighted by molar-refractivity contribution is 8.14. The summed E-state index contributed by atoms with van der Waals surface area (Å²) >= 11 is 1.20. The van der Waals surface area contributed by atoms with Crippen LogP contribution in [-0.2, 0) is 27.3 Å². The number of para-hydroxylation sites is 2. The molecule has 41 heavy (non-hydrogen) atoms. The minimum absolute atomic E-state index is 0.114. The zero-order valence-electron chi connectivity index (χ0n) is 22.7. The van der Waals surface area contributed by atoms with E-state index in [2.05, 4.69) is 15.6 Å².